The largest absolute Gasteiger partial charge is 0.508 e. The zero-order valence-electron chi connectivity index (χ0n) is 14.6. The van der Waals surface area contributed by atoms with E-state index in [1.165, 1.54) is 0 Å². The number of nitrogens with zero attached hydrogens (tertiary/aromatic N) is 3. The molecule has 0 aliphatic carbocycles. The summed E-state index contributed by atoms with van der Waals surface area (Å²) in [5.74, 6) is 0.369. The Morgan fingerprint density at radius 3 is 2.67 bits per heavy atom. The number of rotatable bonds is 3. The van der Waals surface area contributed by atoms with Crippen molar-refractivity contribution in [2.75, 3.05) is 52.9 Å². The number of likely N-dealkylation sites (N-methyl/N-ethyl adjacent to an activating group) is 1. The molecule has 1 aromatic rings. The number of piperazine rings is 2. The van der Waals surface area contributed by atoms with Gasteiger partial charge >= 0.3 is 0 Å². The summed E-state index contributed by atoms with van der Waals surface area (Å²) in [5.41, 5.74) is 0.882. The van der Waals surface area contributed by atoms with Gasteiger partial charge in [-0.05, 0) is 31.7 Å². The van der Waals surface area contributed by atoms with E-state index in [4.69, 9.17) is 0 Å². The van der Waals surface area contributed by atoms with E-state index in [0.29, 0.717) is 0 Å². The zero-order valence-corrected chi connectivity index (χ0v) is 14.6. The molecule has 2 fully saturated rings. The summed E-state index contributed by atoms with van der Waals surface area (Å²) in [6.07, 6.45) is 0. The summed E-state index contributed by atoms with van der Waals surface area (Å²) in [4.78, 5) is 19.8. The van der Waals surface area contributed by atoms with Crippen LogP contribution in [0.15, 0.2) is 24.3 Å². The monoisotopic (exact) mass is 332 g/mol. The highest BCUT2D eigenvalue weighted by Crippen LogP contribution is 2.28. The first-order chi connectivity index (χ1) is 11.6. The number of carbonyl (C=O) groups excluding carboxylic acids is 1. The van der Waals surface area contributed by atoms with Crippen molar-refractivity contribution in [3.63, 3.8) is 0 Å². The third kappa shape index (κ3) is 3.71. The number of phenols is 1. The van der Waals surface area contributed by atoms with Gasteiger partial charge in [-0.25, -0.2) is 0 Å². The molecule has 2 unspecified atom stereocenters. The first-order valence-corrected chi connectivity index (χ1v) is 8.79. The fraction of sp³-hybridized carbons (Fsp3) is 0.611. The van der Waals surface area contributed by atoms with E-state index < -0.39 is 0 Å². The maximum Gasteiger partial charge on any atom is 0.244 e. The van der Waals surface area contributed by atoms with Gasteiger partial charge in [0, 0.05) is 51.9 Å². The van der Waals surface area contributed by atoms with E-state index >= 15 is 0 Å². The van der Waals surface area contributed by atoms with Crippen LogP contribution in [0.5, 0.6) is 5.75 Å². The smallest absolute Gasteiger partial charge is 0.244 e. The van der Waals surface area contributed by atoms with Crippen LogP contribution in [0.4, 0.5) is 0 Å². The molecule has 1 amide bonds. The van der Waals surface area contributed by atoms with Crippen molar-refractivity contribution in [2.24, 2.45) is 0 Å². The van der Waals surface area contributed by atoms with E-state index in [2.05, 4.69) is 29.1 Å². The second kappa shape index (κ2) is 7.51. The van der Waals surface area contributed by atoms with Gasteiger partial charge in [0.2, 0.25) is 5.91 Å². The Labute approximate surface area is 144 Å². The maximum absolute atomic E-state index is 13.3. The van der Waals surface area contributed by atoms with Crippen LogP contribution in [-0.2, 0) is 4.79 Å². The van der Waals surface area contributed by atoms with E-state index in [1.54, 1.807) is 12.1 Å². The molecular formula is C18H28N4O2. The molecule has 6 nitrogen and oxygen atoms in total. The summed E-state index contributed by atoms with van der Waals surface area (Å²) in [6, 6.07) is 7.12. The fourth-order valence-electron chi connectivity index (χ4n) is 3.61. The minimum absolute atomic E-state index is 0.155. The van der Waals surface area contributed by atoms with Gasteiger partial charge in [-0.1, -0.05) is 12.1 Å². The van der Waals surface area contributed by atoms with Crippen LogP contribution in [-0.4, -0.2) is 84.6 Å². The molecule has 2 saturated heterocycles. The lowest BCUT2D eigenvalue weighted by atomic mass is 10.00. The molecule has 2 atom stereocenters. The van der Waals surface area contributed by atoms with E-state index in [-0.39, 0.29) is 23.7 Å². The van der Waals surface area contributed by atoms with Crippen LogP contribution in [0.1, 0.15) is 18.5 Å². The molecule has 0 bridgehead atoms. The lowest BCUT2D eigenvalue weighted by molar-refractivity contribution is -0.140. The molecule has 2 aliphatic heterocycles. The average molecular weight is 332 g/mol. The van der Waals surface area contributed by atoms with Crippen LogP contribution in [0.25, 0.3) is 0 Å². The summed E-state index contributed by atoms with van der Waals surface area (Å²) < 4.78 is 0. The third-order valence-electron chi connectivity index (χ3n) is 5.12. The van der Waals surface area contributed by atoms with Crippen molar-refractivity contribution in [3.05, 3.63) is 29.8 Å². The summed E-state index contributed by atoms with van der Waals surface area (Å²) in [5, 5.41) is 13.3. The Balaban J connectivity index is 1.87. The first-order valence-electron chi connectivity index (χ1n) is 8.79. The molecule has 3 rings (SSSR count). The highest BCUT2D eigenvalue weighted by Gasteiger charge is 2.35. The highest BCUT2D eigenvalue weighted by atomic mass is 16.3. The van der Waals surface area contributed by atoms with Crippen LogP contribution in [0.3, 0.4) is 0 Å². The number of carbonyl (C=O) groups is 1. The Bertz CT molecular complexity index is 572. The summed E-state index contributed by atoms with van der Waals surface area (Å²) in [7, 11) is 2.09. The Morgan fingerprint density at radius 1 is 1.25 bits per heavy atom. The lowest BCUT2D eigenvalue weighted by Crippen LogP contribution is -2.56. The Morgan fingerprint density at radius 2 is 2.00 bits per heavy atom. The minimum Gasteiger partial charge on any atom is -0.508 e. The summed E-state index contributed by atoms with van der Waals surface area (Å²) >= 11 is 0. The second-order valence-electron chi connectivity index (χ2n) is 6.92. The van der Waals surface area contributed by atoms with Gasteiger partial charge in [-0.3, -0.25) is 9.69 Å². The normalized spacial score (nSPS) is 24.8. The van der Waals surface area contributed by atoms with Crippen molar-refractivity contribution >= 4 is 5.91 Å². The molecule has 0 saturated carbocycles. The van der Waals surface area contributed by atoms with E-state index in [0.717, 1.165) is 51.4 Å². The van der Waals surface area contributed by atoms with Crippen molar-refractivity contribution in [3.8, 4) is 5.75 Å². The molecular weight excluding hydrogens is 304 g/mol. The molecule has 0 radical (unpaired) electrons. The van der Waals surface area contributed by atoms with Gasteiger partial charge in [0.05, 0.1) is 0 Å². The van der Waals surface area contributed by atoms with Crippen molar-refractivity contribution < 1.29 is 9.90 Å². The number of aromatic hydroxyl groups is 1. The SMILES string of the molecule is CC1CNCCN1C(C(=O)N1CCN(C)CC1)c1cccc(O)c1. The van der Waals surface area contributed by atoms with Crippen LogP contribution in [0, 0.1) is 0 Å². The average Bonchev–Trinajstić information content (AvgIpc) is 2.57. The molecule has 2 aliphatic rings. The van der Waals surface area contributed by atoms with Gasteiger partial charge in [-0.15, -0.1) is 0 Å². The predicted molar refractivity (Wildman–Crippen MR) is 94.0 cm³/mol. The standard InChI is InChI=1S/C18H28N4O2/c1-14-13-19-6-7-22(14)17(15-4-3-5-16(23)12-15)18(24)21-10-8-20(2)9-11-21/h3-5,12,14,17,19,23H,6-11,13H2,1-2H3. The summed E-state index contributed by atoms with van der Waals surface area (Å²) in [6.45, 7) is 8.11. The lowest BCUT2D eigenvalue weighted by Gasteiger charge is -2.42. The molecule has 6 heteroatoms. The molecule has 1 aromatic carbocycles. The first kappa shape index (κ1) is 17.2. The minimum atomic E-state index is -0.322. The van der Waals surface area contributed by atoms with Gasteiger partial charge in [0.1, 0.15) is 11.8 Å². The molecule has 24 heavy (non-hydrogen) atoms. The van der Waals surface area contributed by atoms with Crippen molar-refractivity contribution in [1.29, 1.82) is 0 Å². The molecule has 2 heterocycles. The number of hydrogen-bond acceptors (Lipinski definition) is 5. The number of hydrogen-bond donors (Lipinski definition) is 2. The quantitative estimate of drug-likeness (QED) is 0.844. The highest BCUT2D eigenvalue weighted by molar-refractivity contribution is 5.83. The van der Waals surface area contributed by atoms with Gasteiger partial charge < -0.3 is 20.2 Å². The fourth-order valence-corrected chi connectivity index (χ4v) is 3.61. The molecule has 0 spiro atoms. The van der Waals surface area contributed by atoms with E-state index in [9.17, 15) is 9.90 Å². The van der Waals surface area contributed by atoms with Gasteiger partial charge in [0.25, 0.3) is 0 Å². The second-order valence-corrected chi connectivity index (χ2v) is 6.92. The zero-order chi connectivity index (χ0) is 17.1. The van der Waals surface area contributed by atoms with Gasteiger partial charge in [-0.2, -0.15) is 0 Å². The van der Waals surface area contributed by atoms with Crippen LogP contribution in [0.2, 0.25) is 0 Å². The van der Waals surface area contributed by atoms with Crippen LogP contribution >= 0.6 is 0 Å². The Kier molecular flexibility index (Phi) is 5.38. The predicted octanol–water partition coefficient (Wildman–Crippen LogP) is 0.501. The molecule has 2 N–H and O–H groups in total. The number of benzene rings is 1. The van der Waals surface area contributed by atoms with Crippen molar-refractivity contribution in [2.45, 2.75) is 19.0 Å². The maximum atomic E-state index is 13.3. The van der Waals surface area contributed by atoms with E-state index in [1.807, 2.05) is 17.0 Å². The Hall–Kier alpha value is -1.63. The number of amides is 1. The molecule has 0 aromatic heterocycles. The topological polar surface area (TPSA) is 59.1 Å². The van der Waals surface area contributed by atoms with Gasteiger partial charge in [0.15, 0.2) is 0 Å². The third-order valence-corrected chi connectivity index (χ3v) is 5.12. The number of phenolic OH excluding ortho intramolecular Hbond substituents is 1. The number of nitrogens with one attached hydrogen (secondary N) is 1. The van der Waals surface area contributed by atoms with Crippen LogP contribution < -0.4 is 5.32 Å². The molecule has 132 valence electrons. The van der Waals surface area contributed by atoms with Crippen molar-refractivity contribution in [1.82, 2.24) is 20.0 Å².